The summed E-state index contributed by atoms with van der Waals surface area (Å²) < 4.78 is 5.54. The molecule has 2 N–H and O–H groups in total. The summed E-state index contributed by atoms with van der Waals surface area (Å²) in [6.45, 7) is 12.6. The number of allylic oxidation sites excluding steroid dienone is 1. The van der Waals surface area contributed by atoms with Crippen LogP contribution < -0.4 is 10.6 Å². The smallest absolute Gasteiger partial charge is 0.338 e. The van der Waals surface area contributed by atoms with Crippen molar-refractivity contribution in [2.45, 2.75) is 53.0 Å². The first kappa shape index (κ1) is 26.4. The Morgan fingerprint density at radius 2 is 1.69 bits per heavy atom. The van der Waals surface area contributed by atoms with Crippen LogP contribution in [-0.4, -0.2) is 35.5 Å². The second kappa shape index (κ2) is 10.6. The Bertz CT molecular complexity index is 1130. The summed E-state index contributed by atoms with van der Waals surface area (Å²) in [6, 6.07) is 14.6. The van der Waals surface area contributed by atoms with Gasteiger partial charge in [-0.05, 0) is 65.9 Å². The van der Waals surface area contributed by atoms with Crippen LogP contribution in [0.4, 0.5) is 5.69 Å². The van der Waals surface area contributed by atoms with E-state index in [2.05, 4.69) is 31.4 Å². The molecule has 1 aliphatic heterocycles. The number of rotatable bonds is 6. The normalized spacial score (nSPS) is 16.3. The zero-order valence-corrected chi connectivity index (χ0v) is 22.4. The van der Waals surface area contributed by atoms with Crippen molar-refractivity contribution in [3.05, 3.63) is 76.5 Å². The van der Waals surface area contributed by atoms with Crippen molar-refractivity contribution in [3.8, 4) is 0 Å². The van der Waals surface area contributed by atoms with Crippen molar-refractivity contribution in [1.82, 2.24) is 10.2 Å². The van der Waals surface area contributed by atoms with Crippen LogP contribution in [0.15, 0.2) is 59.8 Å². The minimum absolute atomic E-state index is 0.0297. The molecule has 0 spiro atoms. The van der Waals surface area contributed by atoms with E-state index >= 15 is 0 Å². The number of carbonyl (C=O) groups excluding carboxylic acids is 2. The highest BCUT2D eigenvalue weighted by Crippen LogP contribution is 2.31. The van der Waals surface area contributed by atoms with Crippen LogP contribution in [0, 0.1) is 5.92 Å². The van der Waals surface area contributed by atoms with Crippen LogP contribution in [0.5, 0.6) is 0 Å². The van der Waals surface area contributed by atoms with Crippen molar-refractivity contribution in [3.63, 3.8) is 0 Å². The fraction of sp³-hybridized carbons (Fsp3) is 0.393. The summed E-state index contributed by atoms with van der Waals surface area (Å²) in [5.74, 6) is -0.300. The van der Waals surface area contributed by atoms with E-state index in [-0.39, 0.29) is 23.2 Å². The van der Waals surface area contributed by atoms with E-state index in [9.17, 15) is 9.59 Å². The number of carbonyl (C=O) groups is 2. The summed E-state index contributed by atoms with van der Waals surface area (Å²) in [5.41, 5.74) is 4.59. The predicted octanol–water partition coefficient (Wildman–Crippen LogP) is 5.57. The molecule has 0 bridgehead atoms. The van der Waals surface area contributed by atoms with Crippen LogP contribution in [0.3, 0.4) is 0 Å². The SMILES string of the molecule is CC1=C(C(=O)OCC(C)C)C(c2ccc(NC(=O)c3ccc(C(C)(C)C)cc3)cc2)NC(=S)N1C. The van der Waals surface area contributed by atoms with E-state index in [0.29, 0.717) is 28.5 Å². The van der Waals surface area contributed by atoms with Gasteiger partial charge in [0.1, 0.15) is 0 Å². The van der Waals surface area contributed by atoms with E-state index in [1.807, 2.05) is 76.3 Å². The maximum atomic E-state index is 13.0. The van der Waals surface area contributed by atoms with Gasteiger partial charge in [-0.15, -0.1) is 0 Å². The third-order valence-electron chi connectivity index (χ3n) is 6.04. The summed E-state index contributed by atoms with van der Waals surface area (Å²) in [7, 11) is 1.82. The number of ether oxygens (including phenoxy) is 1. The van der Waals surface area contributed by atoms with Crippen LogP contribution in [0.2, 0.25) is 0 Å². The first-order chi connectivity index (χ1) is 16.4. The van der Waals surface area contributed by atoms with Crippen LogP contribution in [-0.2, 0) is 14.9 Å². The molecule has 2 aromatic rings. The van der Waals surface area contributed by atoms with Gasteiger partial charge in [0.15, 0.2) is 5.11 Å². The molecule has 0 saturated heterocycles. The average molecular weight is 494 g/mol. The van der Waals surface area contributed by atoms with Crippen LogP contribution in [0.25, 0.3) is 0 Å². The largest absolute Gasteiger partial charge is 0.462 e. The molecule has 1 heterocycles. The monoisotopic (exact) mass is 493 g/mol. The lowest BCUT2D eigenvalue weighted by Crippen LogP contribution is -2.46. The van der Waals surface area contributed by atoms with Crippen molar-refractivity contribution in [2.24, 2.45) is 5.92 Å². The molecule has 1 unspecified atom stereocenters. The average Bonchev–Trinajstić information content (AvgIpc) is 2.80. The highest BCUT2D eigenvalue weighted by molar-refractivity contribution is 7.80. The number of amides is 1. The number of hydrogen-bond acceptors (Lipinski definition) is 4. The van der Waals surface area contributed by atoms with Gasteiger partial charge in [0.2, 0.25) is 0 Å². The summed E-state index contributed by atoms with van der Waals surface area (Å²) in [4.78, 5) is 27.5. The lowest BCUT2D eigenvalue weighted by atomic mass is 9.87. The Labute approximate surface area is 213 Å². The molecule has 3 rings (SSSR count). The predicted molar refractivity (Wildman–Crippen MR) is 144 cm³/mol. The van der Waals surface area contributed by atoms with Crippen molar-refractivity contribution in [1.29, 1.82) is 0 Å². The Morgan fingerprint density at radius 3 is 2.23 bits per heavy atom. The molecule has 186 valence electrons. The summed E-state index contributed by atoms with van der Waals surface area (Å²) in [5, 5.41) is 6.72. The van der Waals surface area contributed by atoms with Gasteiger partial charge in [0.05, 0.1) is 18.2 Å². The van der Waals surface area contributed by atoms with Crippen LogP contribution >= 0.6 is 12.2 Å². The Morgan fingerprint density at radius 1 is 1.09 bits per heavy atom. The first-order valence-electron chi connectivity index (χ1n) is 11.8. The van der Waals surface area contributed by atoms with E-state index < -0.39 is 6.04 Å². The molecule has 2 aromatic carbocycles. The van der Waals surface area contributed by atoms with Crippen LogP contribution in [0.1, 0.15) is 69.1 Å². The maximum absolute atomic E-state index is 13.0. The summed E-state index contributed by atoms with van der Waals surface area (Å²) >= 11 is 5.47. The number of thiocarbonyl (C=S) groups is 1. The molecular weight excluding hydrogens is 458 g/mol. The van der Waals surface area contributed by atoms with Crippen molar-refractivity contribution >= 4 is 34.9 Å². The highest BCUT2D eigenvalue weighted by Gasteiger charge is 2.33. The number of anilines is 1. The molecule has 1 amide bonds. The number of hydrogen-bond donors (Lipinski definition) is 2. The van der Waals surface area contributed by atoms with E-state index in [0.717, 1.165) is 11.3 Å². The fourth-order valence-electron chi connectivity index (χ4n) is 3.75. The summed E-state index contributed by atoms with van der Waals surface area (Å²) in [6.07, 6.45) is 0. The Hall–Kier alpha value is -3.19. The standard InChI is InChI=1S/C28H35N3O3S/c1-17(2)16-34-26(33)23-18(3)31(7)27(35)30-24(23)19-10-14-22(15-11-19)29-25(32)20-8-12-21(13-9-20)28(4,5)6/h8-15,17,24H,16H2,1-7H3,(H,29,32)(H,30,35). The number of nitrogens with zero attached hydrogens (tertiary/aromatic N) is 1. The fourth-order valence-corrected chi connectivity index (χ4v) is 4.01. The van der Waals surface area contributed by atoms with Gasteiger partial charge in [0, 0.05) is 24.0 Å². The number of esters is 1. The molecule has 7 heteroatoms. The topological polar surface area (TPSA) is 70.7 Å². The number of nitrogens with one attached hydrogen (secondary N) is 2. The zero-order valence-electron chi connectivity index (χ0n) is 21.6. The second-order valence-electron chi connectivity index (χ2n) is 10.3. The van der Waals surface area contributed by atoms with E-state index in [1.165, 1.54) is 5.56 Å². The minimum atomic E-state index is -0.437. The number of benzene rings is 2. The Balaban J connectivity index is 1.79. The maximum Gasteiger partial charge on any atom is 0.338 e. The van der Waals surface area contributed by atoms with Gasteiger partial charge in [-0.2, -0.15) is 0 Å². The highest BCUT2D eigenvalue weighted by atomic mass is 32.1. The lowest BCUT2D eigenvalue weighted by molar-refractivity contribution is -0.140. The molecule has 1 atom stereocenters. The van der Waals surface area contributed by atoms with Gasteiger partial charge in [-0.1, -0.05) is 58.9 Å². The van der Waals surface area contributed by atoms with Gasteiger partial charge < -0.3 is 20.3 Å². The van der Waals surface area contributed by atoms with Gasteiger partial charge in [-0.3, -0.25) is 4.79 Å². The van der Waals surface area contributed by atoms with Crippen molar-refractivity contribution in [2.75, 3.05) is 19.0 Å². The van der Waals surface area contributed by atoms with Gasteiger partial charge in [-0.25, -0.2) is 4.79 Å². The molecule has 6 nitrogen and oxygen atoms in total. The molecule has 0 saturated carbocycles. The minimum Gasteiger partial charge on any atom is -0.462 e. The second-order valence-corrected chi connectivity index (χ2v) is 10.7. The first-order valence-corrected chi connectivity index (χ1v) is 12.2. The quantitative estimate of drug-likeness (QED) is 0.405. The molecule has 0 fully saturated rings. The van der Waals surface area contributed by atoms with E-state index in [4.69, 9.17) is 17.0 Å². The lowest BCUT2D eigenvalue weighted by Gasteiger charge is -2.35. The Kier molecular flexibility index (Phi) is 8.00. The zero-order chi connectivity index (χ0) is 25.9. The molecule has 0 aromatic heterocycles. The molecule has 0 radical (unpaired) electrons. The van der Waals surface area contributed by atoms with Crippen molar-refractivity contribution < 1.29 is 14.3 Å². The van der Waals surface area contributed by atoms with Gasteiger partial charge >= 0.3 is 5.97 Å². The molecular formula is C28H35N3O3S. The molecule has 35 heavy (non-hydrogen) atoms. The van der Waals surface area contributed by atoms with E-state index in [1.54, 1.807) is 4.90 Å². The third-order valence-corrected chi connectivity index (χ3v) is 6.43. The third kappa shape index (κ3) is 6.28. The van der Waals surface area contributed by atoms with Gasteiger partial charge in [0.25, 0.3) is 5.91 Å². The molecule has 0 aliphatic carbocycles. The molecule has 1 aliphatic rings.